The van der Waals surface area contributed by atoms with E-state index in [-0.39, 0.29) is 11.7 Å². The summed E-state index contributed by atoms with van der Waals surface area (Å²) in [4.78, 5) is 9.59. The Bertz CT molecular complexity index is 1370. The van der Waals surface area contributed by atoms with Gasteiger partial charge < -0.3 is 24.8 Å². The molecule has 4 aromatic rings. The maximum atomic E-state index is 14.6. The SMILES string of the molecule is COc1ccc(CNc2nc3cc(OC)c(F)cc3c3nc([C@@H]4CC[C@H](C)NC4)nn23)c(OC)c1. The minimum Gasteiger partial charge on any atom is -0.497 e. The average Bonchev–Trinajstić information content (AvgIpc) is 3.33. The number of ether oxygens (including phenoxy) is 3. The van der Waals surface area contributed by atoms with Gasteiger partial charge in [0.25, 0.3) is 0 Å². The van der Waals surface area contributed by atoms with Crippen LogP contribution >= 0.6 is 0 Å². The van der Waals surface area contributed by atoms with Crippen molar-refractivity contribution in [1.29, 1.82) is 0 Å². The number of benzene rings is 2. The van der Waals surface area contributed by atoms with Crippen LogP contribution in [-0.2, 0) is 6.54 Å². The molecule has 10 heteroatoms. The van der Waals surface area contributed by atoms with Gasteiger partial charge in [-0.25, -0.2) is 14.4 Å². The maximum Gasteiger partial charge on any atom is 0.226 e. The van der Waals surface area contributed by atoms with Crippen LogP contribution in [0.4, 0.5) is 10.3 Å². The van der Waals surface area contributed by atoms with E-state index in [0.717, 1.165) is 30.8 Å². The van der Waals surface area contributed by atoms with E-state index < -0.39 is 5.82 Å². The van der Waals surface area contributed by atoms with E-state index in [0.29, 0.717) is 46.6 Å². The third-order valence-electron chi connectivity index (χ3n) is 6.52. The number of aromatic nitrogens is 4. The van der Waals surface area contributed by atoms with E-state index in [1.165, 1.54) is 13.2 Å². The summed E-state index contributed by atoms with van der Waals surface area (Å²) in [7, 11) is 4.67. The summed E-state index contributed by atoms with van der Waals surface area (Å²) < 4.78 is 32.3. The van der Waals surface area contributed by atoms with Crippen molar-refractivity contribution in [2.75, 3.05) is 33.2 Å². The molecule has 0 saturated carbocycles. The first-order valence-corrected chi connectivity index (χ1v) is 11.6. The molecule has 9 nitrogen and oxygen atoms in total. The summed E-state index contributed by atoms with van der Waals surface area (Å²) >= 11 is 0. The number of rotatable bonds is 7. The lowest BCUT2D eigenvalue weighted by Gasteiger charge is -2.25. The van der Waals surface area contributed by atoms with Gasteiger partial charge in [0.15, 0.2) is 23.0 Å². The molecule has 0 radical (unpaired) electrons. The molecule has 184 valence electrons. The first-order chi connectivity index (χ1) is 17.0. The van der Waals surface area contributed by atoms with Crippen LogP contribution in [-0.4, -0.2) is 53.5 Å². The second-order valence-electron chi connectivity index (χ2n) is 8.76. The van der Waals surface area contributed by atoms with Gasteiger partial charge >= 0.3 is 0 Å². The summed E-state index contributed by atoms with van der Waals surface area (Å²) in [5, 5.41) is 12.2. The van der Waals surface area contributed by atoms with Crippen LogP contribution in [0.3, 0.4) is 0 Å². The van der Waals surface area contributed by atoms with E-state index in [4.69, 9.17) is 29.3 Å². The molecule has 0 aliphatic carbocycles. The molecule has 35 heavy (non-hydrogen) atoms. The van der Waals surface area contributed by atoms with Crippen LogP contribution in [0.2, 0.25) is 0 Å². The zero-order valence-electron chi connectivity index (χ0n) is 20.3. The van der Waals surface area contributed by atoms with Gasteiger partial charge in [-0.2, -0.15) is 4.52 Å². The molecule has 1 saturated heterocycles. The lowest BCUT2D eigenvalue weighted by Crippen LogP contribution is -2.36. The Morgan fingerprint density at radius 2 is 1.89 bits per heavy atom. The molecule has 2 aromatic carbocycles. The van der Waals surface area contributed by atoms with E-state index in [2.05, 4.69) is 17.6 Å². The summed E-state index contributed by atoms with van der Waals surface area (Å²) in [5.74, 6) is 2.46. The summed E-state index contributed by atoms with van der Waals surface area (Å²) in [6.07, 6.45) is 2.04. The van der Waals surface area contributed by atoms with Crippen molar-refractivity contribution in [3.63, 3.8) is 0 Å². The van der Waals surface area contributed by atoms with Crippen LogP contribution in [0.5, 0.6) is 17.2 Å². The first-order valence-electron chi connectivity index (χ1n) is 11.6. The van der Waals surface area contributed by atoms with Crippen LogP contribution in [0.1, 0.15) is 37.1 Å². The Labute approximate surface area is 202 Å². The highest BCUT2D eigenvalue weighted by atomic mass is 19.1. The minimum absolute atomic E-state index is 0.127. The molecule has 2 N–H and O–H groups in total. The number of halogens is 1. The summed E-state index contributed by atoms with van der Waals surface area (Å²) in [5.41, 5.74) is 2.04. The predicted octanol–water partition coefficient (Wildman–Crippen LogP) is 3.91. The number of piperidine rings is 1. The zero-order valence-corrected chi connectivity index (χ0v) is 20.3. The van der Waals surface area contributed by atoms with E-state index in [1.807, 2.05) is 18.2 Å². The predicted molar refractivity (Wildman–Crippen MR) is 131 cm³/mol. The second-order valence-corrected chi connectivity index (χ2v) is 8.76. The van der Waals surface area contributed by atoms with Crippen molar-refractivity contribution in [3.05, 3.63) is 47.5 Å². The lowest BCUT2D eigenvalue weighted by molar-refractivity contribution is 0.376. The zero-order chi connectivity index (χ0) is 24.5. The third-order valence-corrected chi connectivity index (χ3v) is 6.52. The molecule has 2 aromatic heterocycles. The smallest absolute Gasteiger partial charge is 0.226 e. The normalized spacial score (nSPS) is 18.1. The third kappa shape index (κ3) is 4.41. The molecule has 1 fully saturated rings. The quantitative estimate of drug-likeness (QED) is 0.411. The molecule has 0 bridgehead atoms. The van der Waals surface area contributed by atoms with Crippen molar-refractivity contribution in [2.24, 2.45) is 0 Å². The van der Waals surface area contributed by atoms with Gasteiger partial charge in [0.2, 0.25) is 5.95 Å². The number of hydrogen-bond donors (Lipinski definition) is 2. The first kappa shape index (κ1) is 23.1. The van der Waals surface area contributed by atoms with E-state index >= 15 is 0 Å². The van der Waals surface area contributed by atoms with Crippen LogP contribution in [0.15, 0.2) is 30.3 Å². The van der Waals surface area contributed by atoms with Crippen LogP contribution < -0.4 is 24.8 Å². The van der Waals surface area contributed by atoms with Crippen molar-refractivity contribution in [2.45, 2.75) is 38.3 Å². The van der Waals surface area contributed by atoms with Gasteiger partial charge in [0.05, 0.1) is 26.8 Å². The molecule has 5 rings (SSSR count). The highest BCUT2D eigenvalue weighted by Gasteiger charge is 2.25. The fraction of sp³-hybridized carbons (Fsp3) is 0.400. The largest absolute Gasteiger partial charge is 0.497 e. The maximum absolute atomic E-state index is 14.6. The van der Waals surface area contributed by atoms with E-state index in [9.17, 15) is 4.39 Å². The van der Waals surface area contributed by atoms with Crippen molar-refractivity contribution in [1.82, 2.24) is 24.9 Å². The second kappa shape index (κ2) is 9.53. The van der Waals surface area contributed by atoms with E-state index in [1.54, 1.807) is 24.8 Å². The molecule has 0 unspecified atom stereocenters. The van der Waals surface area contributed by atoms with Crippen LogP contribution in [0.25, 0.3) is 16.6 Å². The van der Waals surface area contributed by atoms with Gasteiger partial charge in [-0.05, 0) is 38.0 Å². The summed E-state index contributed by atoms with van der Waals surface area (Å²) in [6, 6.07) is 9.11. The number of fused-ring (bicyclic) bond motifs is 3. The Kier molecular flexibility index (Phi) is 6.29. The molecule has 0 amide bonds. The number of anilines is 1. The Hall–Kier alpha value is -3.66. The molecular formula is C25H29FN6O3. The highest BCUT2D eigenvalue weighted by Crippen LogP contribution is 2.31. The number of nitrogens with one attached hydrogen (secondary N) is 2. The minimum atomic E-state index is -0.468. The van der Waals surface area contributed by atoms with Gasteiger partial charge in [-0.3, -0.25) is 0 Å². The topological polar surface area (TPSA) is 94.8 Å². The van der Waals surface area contributed by atoms with Crippen molar-refractivity contribution in [3.8, 4) is 17.2 Å². The Morgan fingerprint density at radius 1 is 1.06 bits per heavy atom. The fourth-order valence-electron chi connectivity index (χ4n) is 4.46. The number of methoxy groups -OCH3 is 3. The lowest BCUT2D eigenvalue weighted by atomic mass is 9.95. The van der Waals surface area contributed by atoms with Gasteiger partial charge in [0.1, 0.15) is 11.5 Å². The van der Waals surface area contributed by atoms with Crippen LogP contribution in [0, 0.1) is 5.82 Å². The highest BCUT2D eigenvalue weighted by molar-refractivity contribution is 5.93. The fourth-order valence-corrected chi connectivity index (χ4v) is 4.46. The number of hydrogen-bond acceptors (Lipinski definition) is 8. The molecule has 0 spiro atoms. The Balaban J connectivity index is 1.57. The van der Waals surface area contributed by atoms with Crippen molar-refractivity contribution < 1.29 is 18.6 Å². The molecule has 1 aliphatic rings. The standard InChI is InChI=1S/C25H29FN6O3/c1-14-5-6-16(13-27-14)23-30-24-18-10-19(26)22(35-4)11-20(18)29-25(32(24)31-23)28-12-15-7-8-17(33-2)9-21(15)34-3/h7-11,14,16,27H,5-6,12-13H2,1-4H3,(H,28,29)/t14-,16+/m0/s1. The molecule has 3 heterocycles. The summed E-state index contributed by atoms with van der Waals surface area (Å²) in [6.45, 7) is 3.41. The Morgan fingerprint density at radius 3 is 2.60 bits per heavy atom. The molecular weight excluding hydrogens is 451 g/mol. The van der Waals surface area contributed by atoms with Crippen molar-refractivity contribution >= 4 is 22.5 Å². The van der Waals surface area contributed by atoms with Gasteiger partial charge in [0, 0.05) is 48.1 Å². The molecule has 2 atom stereocenters. The van der Waals surface area contributed by atoms with Gasteiger partial charge in [-0.15, -0.1) is 5.10 Å². The number of nitrogens with zero attached hydrogens (tertiary/aromatic N) is 4. The average molecular weight is 481 g/mol. The van der Waals surface area contributed by atoms with Gasteiger partial charge in [-0.1, -0.05) is 0 Å². The molecule has 1 aliphatic heterocycles. The monoisotopic (exact) mass is 480 g/mol.